The zero-order valence-corrected chi connectivity index (χ0v) is 7.54. The first-order valence-corrected chi connectivity index (χ1v) is 4.58. The van der Waals surface area contributed by atoms with Crippen molar-refractivity contribution in [2.75, 3.05) is 18.8 Å². The molecule has 0 amide bonds. The highest BCUT2D eigenvalue weighted by Gasteiger charge is 2.37. The van der Waals surface area contributed by atoms with Gasteiger partial charge in [0.05, 0.1) is 6.54 Å². The van der Waals surface area contributed by atoms with Gasteiger partial charge in [-0.25, -0.2) is 0 Å². The average molecular weight is 199 g/mol. The third kappa shape index (κ3) is 3.67. The van der Waals surface area contributed by atoms with E-state index in [4.69, 9.17) is 0 Å². The maximum Gasteiger partial charge on any atom is 0.401 e. The van der Waals surface area contributed by atoms with Crippen LogP contribution in [0.5, 0.6) is 0 Å². The largest absolute Gasteiger partial charge is 0.401 e. The van der Waals surface area contributed by atoms with E-state index >= 15 is 0 Å². The molecule has 0 aromatic carbocycles. The smallest absolute Gasteiger partial charge is 0.291 e. The van der Waals surface area contributed by atoms with Gasteiger partial charge in [-0.05, 0) is 12.8 Å². The van der Waals surface area contributed by atoms with Crippen molar-refractivity contribution < 1.29 is 13.2 Å². The molecule has 0 unspecified atom stereocenters. The first-order valence-electron chi connectivity index (χ1n) is 3.94. The van der Waals surface area contributed by atoms with E-state index in [0.717, 1.165) is 12.8 Å². The minimum atomic E-state index is -4.06. The van der Waals surface area contributed by atoms with Crippen LogP contribution in [-0.2, 0) is 0 Å². The molecular formula is C7H12F3NS. The van der Waals surface area contributed by atoms with E-state index in [1.54, 1.807) is 0 Å². The average Bonchev–Trinajstić information content (AvgIpc) is 2.63. The molecule has 1 aliphatic carbocycles. The third-order valence-corrected chi connectivity index (χ3v) is 2.03. The Bertz CT molecular complexity index is 144. The second kappa shape index (κ2) is 3.87. The summed E-state index contributed by atoms with van der Waals surface area (Å²) in [6, 6.07) is 0.166. The Balaban J connectivity index is 2.32. The Kier molecular flexibility index (Phi) is 3.29. The first-order chi connectivity index (χ1) is 5.53. The number of hydrogen-bond acceptors (Lipinski definition) is 2. The first kappa shape index (κ1) is 10.2. The third-order valence-electron chi connectivity index (χ3n) is 1.83. The summed E-state index contributed by atoms with van der Waals surface area (Å²) >= 11 is 3.92. The van der Waals surface area contributed by atoms with Gasteiger partial charge in [-0.3, -0.25) is 4.90 Å². The quantitative estimate of drug-likeness (QED) is 0.677. The lowest BCUT2D eigenvalue weighted by Gasteiger charge is -2.22. The molecule has 0 saturated heterocycles. The molecule has 0 N–H and O–H groups in total. The maximum absolute atomic E-state index is 12.0. The lowest BCUT2D eigenvalue weighted by molar-refractivity contribution is -0.146. The summed E-state index contributed by atoms with van der Waals surface area (Å²) in [7, 11) is 0. The molecule has 0 aromatic rings. The van der Waals surface area contributed by atoms with Gasteiger partial charge < -0.3 is 0 Å². The van der Waals surface area contributed by atoms with Crippen LogP contribution in [0.25, 0.3) is 0 Å². The molecule has 1 nitrogen and oxygen atoms in total. The van der Waals surface area contributed by atoms with Crippen molar-refractivity contribution in [1.82, 2.24) is 4.90 Å². The molecule has 1 saturated carbocycles. The number of hydrogen-bond donors (Lipinski definition) is 1. The molecule has 0 aliphatic heterocycles. The van der Waals surface area contributed by atoms with Gasteiger partial charge in [0, 0.05) is 18.3 Å². The maximum atomic E-state index is 12.0. The highest BCUT2D eigenvalue weighted by molar-refractivity contribution is 7.80. The van der Waals surface area contributed by atoms with Crippen LogP contribution >= 0.6 is 12.6 Å². The van der Waals surface area contributed by atoms with E-state index in [-0.39, 0.29) is 6.04 Å². The molecule has 72 valence electrons. The van der Waals surface area contributed by atoms with E-state index in [2.05, 4.69) is 12.6 Å². The minimum absolute atomic E-state index is 0.166. The SMILES string of the molecule is FC(F)(F)CN(CCS)C1CC1. The van der Waals surface area contributed by atoms with Crippen molar-refractivity contribution in [2.24, 2.45) is 0 Å². The van der Waals surface area contributed by atoms with E-state index < -0.39 is 12.7 Å². The number of halogens is 3. The molecule has 0 radical (unpaired) electrons. The number of rotatable bonds is 4. The summed E-state index contributed by atoms with van der Waals surface area (Å²) < 4.78 is 35.9. The zero-order chi connectivity index (χ0) is 9.19. The number of alkyl halides is 3. The summed E-state index contributed by atoms with van der Waals surface area (Å²) in [5, 5.41) is 0. The fourth-order valence-electron chi connectivity index (χ4n) is 1.19. The van der Waals surface area contributed by atoms with E-state index in [0.29, 0.717) is 12.3 Å². The second-order valence-corrected chi connectivity index (χ2v) is 3.49. The van der Waals surface area contributed by atoms with Gasteiger partial charge in [-0.1, -0.05) is 0 Å². The van der Waals surface area contributed by atoms with Gasteiger partial charge in [0.1, 0.15) is 0 Å². The molecule has 0 aromatic heterocycles. The van der Waals surface area contributed by atoms with Crippen LogP contribution in [0.4, 0.5) is 13.2 Å². The molecule has 1 fully saturated rings. The van der Waals surface area contributed by atoms with E-state index in [9.17, 15) is 13.2 Å². The van der Waals surface area contributed by atoms with E-state index in [1.807, 2.05) is 0 Å². The summed E-state index contributed by atoms with van der Waals surface area (Å²) in [5.41, 5.74) is 0. The molecular weight excluding hydrogens is 187 g/mol. The monoisotopic (exact) mass is 199 g/mol. The van der Waals surface area contributed by atoms with Gasteiger partial charge in [0.15, 0.2) is 0 Å². The van der Waals surface area contributed by atoms with Crippen LogP contribution in [0.3, 0.4) is 0 Å². The molecule has 0 atom stereocenters. The van der Waals surface area contributed by atoms with Crippen molar-refractivity contribution in [3.63, 3.8) is 0 Å². The van der Waals surface area contributed by atoms with Crippen LogP contribution in [-0.4, -0.2) is 36.0 Å². The number of thiol groups is 1. The summed E-state index contributed by atoms with van der Waals surface area (Å²) in [6.45, 7) is -0.342. The Morgan fingerprint density at radius 3 is 2.25 bits per heavy atom. The lowest BCUT2D eigenvalue weighted by Crippen LogP contribution is -2.37. The van der Waals surface area contributed by atoms with Crippen molar-refractivity contribution >= 4 is 12.6 Å². The Hall–Kier alpha value is 0.100. The van der Waals surface area contributed by atoms with Crippen molar-refractivity contribution in [2.45, 2.75) is 25.1 Å². The fourth-order valence-corrected chi connectivity index (χ4v) is 1.45. The predicted octanol–water partition coefficient (Wildman–Crippen LogP) is 1.94. The standard InChI is InChI=1S/C7H12F3NS/c8-7(9,10)5-11(3-4-12)6-1-2-6/h6,12H,1-5H2. The molecule has 5 heteroatoms. The molecule has 12 heavy (non-hydrogen) atoms. The second-order valence-electron chi connectivity index (χ2n) is 3.04. The number of nitrogens with zero attached hydrogens (tertiary/aromatic N) is 1. The van der Waals surface area contributed by atoms with E-state index in [1.165, 1.54) is 4.90 Å². The molecule has 1 aliphatic rings. The van der Waals surface area contributed by atoms with Crippen molar-refractivity contribution in [1.29, 1.82) is 0 Å². The Labute approximate surface area is 75.3 Å². The van der Waals surface area contributed by atoms with Gasteiger partial charge in [-0.2, -0.15) is 25.8 Å². The van der Waals surface area contributed by atoms with Crippen molar-refractivity contribution in [3.05, 3.63) is 0 Å². The van der Waals surface area contributed by atoms with Gasteiger partial charge in [-0.15, -0.1) is 0 Å². The highest BCUT2D eigenvalue weighted by atomic mass is 32.1. The van der Waals surface area contributed by atoms with Crippen LogP contribution < -0.4 is 0 Å². The van der Waals surface area contributed by atoms with Gasteiger partial charge in [0.25, 0.3) is 0 Å². The zero-order valence-electron chi connectivity index (χ0n) is 6.64. The Morgan fingerprint density at radius 1 is 1.33 bits per heavy atom. The van der Waals surface area contributed by atoms with Crippen LogP contribution in [0.1, 0.15) is 12.8 Å². The normalized spacial score (nSPS) is 18.8. The molecule has 0 bridgehead atoms. The van der Waals surface area contributed by atoms with Gasteiger partial charge >= 0.3 is 6.18 Å². The Morgan fingerprint density at radius 2 is 1.92 bits per heavy atom. The topological polar surface area (TPSA) is 3.24 Å². The molecule has 1 rings (SSSR count). The van der Waals surface area contributed by atoms with Crippen molar-refractivity contribution in [3.8, 4) is 0 Å². The summed E-state index contributed by atoms with van der Waals surface area (Å²) in [6.07, 6.45) is -2.25. The minimum Gasteiger partial charge on any atom is -0.291 e. The van der Waals surface area contributed by atoms with Crippen LogP contribution in [0.15, 0.2) is 0 Å². The molecule has 0 spiro atoms. The van der Waals surface area contributed by atoms with Crippen LogP contribution in [0, 0.1) is 0 Å². The highest BCUT2D eigenvalue weighted by Crippen LogP contribution is 2.29. The van der Waals surface area contributed by atoms with Gasteiger partial charge in [0.2, 0.25) is 0 Å². The summed E-state index contributed by atoms with van der Waals surface area (Å²) in [5.74, 6) is 0.493. The summed E-state index contributed by atoms with van der Waals surface area (Å²) in [4.78, 5) is 1.47. The predicted molar refractivity (Wildman–Crippen MR) is 44.5 cm³/mol. The van der Waals surface area contributed by atoms with Crippen LogP contribution in [0.2, 0.25) is 0 Å². The lowest BCUT2D eigenvalue weighted by atomic mass is 10.4. The fraction of sp³-hybridized carbons (Fsp3) is 1.00. The molecule has 0 heterocycles.